The maximum absolute atomic E-state index is 10.6. The zero-order valence-electron chi connectivity index (χ0n) is 6.20. The van der Waals surface area contributed by atoms with Crippen molar-refractivity contribution in [2.75, 3.05) is 6.61 Å². The molecule has 0 aliphatic carbocycles. The second kappa shape index (κ2) is 3.46. The summed E-state index contributed by atoms with van der Waals surface area (Å²) in [5.41, 5.74) is 0. The van der Waals surface area contributed by atoms with Gasteiger partial charge in [-0.1, -0.05) is 13.8 Å². The lowest BCUT2D eigenvalue weighted by atomic mass is 10.1. The van der Waals surface area contributed by atoms with Crippen LogP contribution in [0.25, 0.3) is 0 Å². The molecule has 0 bridgehead atoms. The second-order valence-corrected chi connectivity index (χ2v) is 3.53. The van der Waals surface area contributed by atoms with E-state index in [-0.39, 0.29) is 6.10 Å². The Morgan fingerprint density at radius 3 is 2.70 bits per heavy atom. The summed E-state index contributed by atoms with van der Waals surface area (Å²) < 4.78 is 20.4. The van der Waals surface area contributed by atoms with Crippen molar-refractivity contribution in [3.63, 3.8) is 0 Å². The molecule has 0 radical (unpaired) electrons. The average Bonchev–Trinajstić information content (AvgIpc) is 1.88. The molecular weight excluding hydrogens is 152 g/mol. The Hall–Kier alpha value is 0.0700. The van der Waals surface area contributed by atoms with Gasteiger partial charge < -0.3 is 0 Å². The molecule has 1 aliphatic rings. The van der Waals surface area contributed by atoms with Crippen LogP contribution in [0.2, 0.25) is 0 Å². The van der Waals surface area contributed by atoms with Crippen molar-refractivity contribution in [1.29, 1.82) is 0 Å². The number of hydrogen-bond donors (Lipinski definition) is 0. The van der Waals surface area contributed by atoms with Gasteiger partial charge in [0.1, 0.15) is 0 Å². The van der Waals surface area contributed by atoms with E-state index >= 15 is 0 Å². The fourth-order valence-corrected chi connectivity index (χ4v) is 1.66. The molecule has 10 heavy (non-hydrogen) atoms. The topological polar surface area (TPSA) is 35.5 Å². The van der Waals surface area contributed by atoms with E-state index in [0.717, 1.165) is 6.42 Å². The van der Waals surface area contributed by atoms with Gasteiger partial charge in [0.15, 0.2) is 0 Å². The van der Waals surface area contributed by atoms with Crippen LogP contribution in [-0.2, 0) is 19.7 Å². The monoisotopic (exact) mass is 164 g/mol. The minimum absolute atomic E-state index is 0.106. The van der Waals surface area contributed by atoms with Gasteiger partial charge in [-0.25, -0.2) is 0 Å². The smallest absolute Gasteiger partial charge is 0.268 e. The number of hydrogen-bond acceptors (Lipinski definition) is 3. The Kier molecular flexibility index (Phi) is 2.82. The van der Waals surface area contributed by atoms with Gasteiger partial charge in [-0.05, 0) is 5.92 Å². The van der Waals surface area contributed by atoms with Gasteiger partial charge in [-0.15, -0.1) is 0 Å². The van der Waals surface area contributed by atoms with Crippen molar-refractivity contribution in [3.8, 4) is 0 Å². The minimum atomic E-state index is -1.49. The van der Waals surface area contributed by atoms with Gasteiger partial charge >= 0.3 is 11.4 Å². The van der Waals surface area contributed by atoms with E-state index in [1.54, 1.807) is 0 Å². The zero-order valence-corrected chi connectivity index (χ0v) is 7.02. The minimum Gasteiger partial charge on any atom is -0.268 e. The molecule has 1 fully saturated rings. The first-order valence-corrected chi connectivity index (χ1v) is 4.42. The van der Waals surface area contributed by atoms with Crippen LogP contribution >= 0.6 is 0 Å². The van der Waals surface area contributed by atoms with Crippen LogP contribution in [0, 0.1) is 5.92 Å². The largest absolute Gasteiger partial charge is 0.304 e. The molecule has 0 unspecified atom stereocenters. The average molecular weight is 164 g/mol. The van der Waals surface area contributed by atoms with E-state index in [1.165, 1.54) is 0 Å². The molecule has 3 nitrogen and oxygen atoms in total. The first-order chi connectivity index (χ1) is 4.70. The van der Waals surface area contributed by atoms with Crippen LogP contribution in [0.3, 0.4) is 0 Å². The molecule has 60 valence electrons. The van der Waals surface area contributed by atoms with Gasteiger partial charge in [-0.2, -0.15) is 4.21 Å². The molecule has 1 saturated heterocycles. The van der Waals surface area contributed by atoms with Crippen LogP contribution in [0.5, 0.6) is 0 Å². The predicted octanol–water partition coefficient (Wildman–Crippen LogP) is 1.03. The van der Waals surface area contributed by atoms with E-state index in [4.69, 9.17) is 8.37 Å². The third-order valence-corrected chi connectivity index (χ3v) is 2.29. The highest BCUT2D eigenvalue weighted by atomic mass is 32.2. The van der Waals surface area contributed by atoms with Crippen LogP contribution in [0.15, 0.2) is 0 Å². The highest BCUT2D eigenvalue weighted by molar-refractivity contribution is 7.75. The molecule has 0 spiro atoms. The Balaban J connectivity index is 2.39. The van der Waals surface area contributed by atoms with Crippen LogP contribution in [0.4, 0.5) is 0 Å². The summed E-state index contributed by atoms with van der Waals surface area (Å²) in [5, 5.41) is 0. The Bertz CT molecular complexity index is 135. The summed E-state index contributed by atoms with van der Waals surface area (Å²) in [6, 6.07) is 0. The first-order valence-electron chi connectivity index (χ1n) is 3.42. The SMILES string of the molecule is CC(C)[C@@H]1CCO[S@@](=O)O1. The molecule has 4 heteroatoms. The quantitative estimate of drug-likeness (QED) is 0.580. The van der Waals surface area contributed by atoms with Crippen molar-refractivity contribution < 1.29 is 12.6 Å². The number of rotatable bonds is 1. The molecule has 1 heterocycles. The normalized spacial score (nSPS) is 34.7. The van der Waals surface area contributed by atoms with Gasteiger partial charge in [0.05, 0.1) is 12.7 Å². The molecule has 0 saturated carbocycles. The maximum atomic E-state index is 10.6. The summed E-state index contributed by atoms with van der Waals surface area (Å²) in [6.45, 7) is 4.65. The van der Waals surface area contributed by atoms with Crippen molar-refractivity contribution in [1.82, 2.24) is 0 Å². The summed E-state index contributed by atoms with van der Waals surface area (Å²) in [4.78, 5) is 0. The molecule has 1 aliphatic heterocycles. The maximum Gasteiger partial charge on any atom is 0.304 e. The molecule has 2 atom stereocenters. The van der Waals surface area contributed by atoms with E-state index < -0.39 is 11.4 Å². The molecule has 0 aromatic carbocycles. The Morgan fingerprint density at radius 2 is 2.30 bits per heavy atom. The lowest BCUT2D eigenvalue weighted by Crippen LogP contribution is -2.28. The van der Waals surface area contributed by atoms with E-state index in [9.17, 15) is 4.21 Å². The lowest BCUT2D eigenvalue weighted by molar-refractivity contribution is 0.0803. The van der Waals surface area contributed by atoms with Crippen molar-refractivity contribution in [2.45, 2.75) is 26.4 Å². The van der Waals surface area contributed by atoms with Crippen LogP contribution in [-0.4, -0.2) is 16.9 Å². The van der Waals surface area contributed by atoms with Gasteiger partial charge in [-0.3, -0.25) is 8.37 Å². The Labute approximate surface area is 63.6 Å². The molecule has 0 N–H and O–H groups in total. The second-order valence-electron chi connectivity index (χ2n) is 2.69. The fraction of sp³-hybridized carbons (Fsp3) is 1.00. The van der Waals surface area contributed by atoms with Gasteiger partial charge in [0.25, 0.3) is 0 Å². The molecule has 0 aromatic rings. The highest BCUT2D eigenvalue weighted by Gasteiger charge is 2.22. The summed E-state index contributed by atoms with van der Waals surface area (Å²) in [7, 11) is 0. The van der Waals surface area contributed by atoms with Crippen LogP contribution < -0.4 is 0 Å². The highest BCUT2D eigenvalue weighted by Crippen LogP contribution is 2.17. The van der Waals surface area contributed by atoms with Gasteiger partial charge in [0.2, 0.25) is 0 Å². The molecule has 1 rings (SSSR count). The van der Waals surface area contributed by atoms with Crippen molar-refractivity contribution >= 4 is 11.4 Å². The third kappa shape index (κ3) is 2.04. The lowest BCUT2D eigenvalue weighted by Gasteiger charge is -2.23. The summed E-state index contributed by atoms with van der Waals surface area (Å²) in [5.74, 6) is 0.424. The molecule has 0 aromatic heterocycles. The predicted molar refractivity (Wildman–Crippen MR) is 38.4 cm³/mol. The molecular formula is C6H12O3S. The third-order valence-electron chi connectivity index (χ3n) is 1.53. The van der Waals surface area contributed by atoms with E-state index in [1.807, 2.05) is 13.8 Å². The standard InChI is InChI=1S/C6H12O3S/c1-5(2)6-3-4-8-10(7)9-6/h5-6H,3-4H2,1-2H3/t6-,10+/m0/s1. The van der Waals surface area contributed by atoms with E-state index in [2.05, 4.69) is 0 Å². The zero-order chi connectivity index (χ0) is 7.56. The Morgan fingerprint density at radius 1 is 1.60 bits per heavy atom. The first kappa shape index (κ1) is 8.17. The van der Waals surface area contributed by atoms with Crippen LogP contribution in [0.1, 0.15) is 20.3 Å². The van der Waals surface area contributed by atoms with Crippen molar-refractivity contribution in [2.24, 2.45) is 5.92 Å². The van der Waals surface area contributed by atoms with E-state index in [0.29, 0.717) is 12.5 Å². The summed E-state index contributed by atoms with van der Waals surface area (Å²) >= 11 is -1.49. The molecule has 0 amide bonds. The fourth-order valence-electron chi connectivity index (χ4n) is 0.854. The van der Waals surface area contributed by atoms with Gasteiger partial charge in [0, 0.05) is 6.42 Å². The van der Waals surface area contributed by atoms with Crippen molar-refractivity contribution in [3.05, 3.63) is 0 Å². The summed E-state index contributed by atoms with van der Waals surface area (Å²) in [6.07, 6.45) is 0.957.